The first-order valence-electron chi connectivity index (χ1n) is 8.67. The standard InChI is InChI=1S/C23H17N3O2/c1-3-16-11-13-27-22(16)9-6-18-5-7-19-20(25-26-21(19)15-24-18)8-10-23-17(4-2)12-14-28-23/h3-15H,1-2H2/b9-6+,10-8+. The second-order valence-electron chi connectivity index (χ2n) is 5.96. The SMILES string of the molecule is C=Cc1ccoc1/C=C/c1ccc2c(/C=C/c3occc3C=C)nnc-2cn1. The fourth-order valence-electron chi connectivity index (χ4n) is 2.77. The average Bonchev–Trinajstić information content (AvgIpc) is 3.42. The first kappa shape index (κ1) is 17.4. The topological polar surface area (TPSA) is 65.0 Å². The summed E-state index contributed by atoms with van der Waals surface area (Å²) in [5.74, 6) is 1.46. The highest BCUT2D eigenvalue weighted by Gasteiger charge is 2.11. The molecule has 2 aromatic heterocycles. The summed E-state index contributed by atoms with van der Waals surface area (Å²) in [6.07, 6.45) is 15.9. The van der Waals surface area contributed by atoms with Gasteiger partial charge in [0.2, 0.25) is 0 Å². The molecule has 0 saturated heterocycles. The first-order chi connectivity index (χ1) is 13.8. The molecule has 2 aliphatic heterocycles. The molecule has 0 saturated carbocycles. The fraction of sp³-hybridized carbons (Fsp3) is 0. The van der Waals surface area contributed by atoms with Gasteiger partial charge in [-0.1, -0.05) is 25.3 Å². The van der Waals surface area contributed by atoms with Crippen LogP contribution >= 0.6 is 0 Å². The number of nitrogens with zero attached hydrogens (tertiary/aromatic N) is 3. The predicted octanol–water partition coefficient (Wildman–Crippen LogP) is 5.79. The molecule has 0 aromatic carbocycles. The number of aromatic nitrogens is 3. The smallest absolute Gasteiger partial charge is 0.133 e. The minimum Gasteiger partial charge on any atom is -0.464 e. The van der Waals surface area contributed by atoms with Crippen molar-refractivity contribution in [3.8, 4) is 11.3 Å². The van der Waals surface area contributed by atoms with Crippen LogP contribution in [0.15, 0.2) is 65.0 Å². The van der Waals surface area contributed by atoms with Gasteiger partial charge in [0.15, 0.2) is 0 Å². The number of hydrogen-bond acceptors (Lipinski definition) is 5. The summed E-state index contributed by atoms with van der Waals surface area (Å²) < 4.78 is 10.9. The summed E-state index contributed by atoms with van der Waals surface area (Å²) in [5.41, 5.74) is 5.00. The van der Waals surface area contributed by atoms with E-state index in [1.54, 1.807) is 30.9 Å². The van der Waals surface area contributed by atoms with Crippen molar-refractivity contribution in [1.82, 2.24) is 15.2 Å². The maximum atomic E-state index is 5.45. The second kappa shape index (κ2) is 7.72. The molecule has 0 fully saturated rings. The third kappa shape index (κ3) is 3.46. The minimum atomic E-state index is 0.715. The molecule has 2 aliphatic rings. The van der Waals surface area contributed by atoms with Crippen molar-refractivity contribution >= 4 is 36.5 Å². The molecule has 5 heteroatoms. The van der Waals surface area contributed by atoms with E-state index in [0.717, 1.165) is 39.6 Å². The zero-order valence-electron chi connectivity index (χ0n) is 15.1. The number of hydrogen-bond donors (Lipinski definition) is 0. The van der Waals surface area contributed by atoms with E-state index in [-0.39, 0.29) is 0 Å². The fourth-order valence-corrected chi connectivity index (χ4v) is 2.77. The summed E-state index contributed by atoms with van der Waals surface area (Å²) in [6, 6.07) is 7.60. The van der Waals surface area contributed by atoms with Crippen molar-refractivity contribution in [2.45, 2.75) is 0 Å². The Morgan fingerprint density at radius 3 is 2.11 bits per heavy atom. The molecule has 0 bridgehead atoms. The highest BCUT2D eigenvalue weighted by atomic mass is 16.3. The van der Waals surface area contributed by atoms with Crippen molar-refractivity contribution in [1.29, 1.82) is 0 Å². The van der Waals surface area contributed by atoms with E-state index in [1.807, 2.05) is 48.6 Å². The molecule has 2 aromatic rings. The third-order valence-electron chi connectivity index (χ3n) is 4.27. The van der Waals surface area contributed by atoms with Crippen molar-refractivity contribution in [3.63, 3.8) is 0 Å². The van der Waals surface area contributed by atoms with Crippen molar-refractivity contribution in [2.24, 2.45) is 0 Å². The Morgan fingerprint density at radius 1 is 0.750 bits per heavy atom. The van der Waals surface area contributed by atoms with Crippen LogP contribution in [0.4, 0.5) is 0 Å². The molecule has 5 nitrogen and oxygen atoms in total. The van der Waals surface area contributed by atoms with Gasteiger partial charge in [-0.15, -0.1) is 10.2 Å². The average molecular weight is 367 g/mol. The quantitative estimate of drug-likeness (QED) is 0.431. The molecule has 28 heavy (non-hydrogen) atoms. The number of rotatable bonds is 6. The molecule has 0 spiro atoms. The summed E-state index contributed by atoms with van der Waals surface area (Å²) >= 11 is 0. The van der Waals surface area contributed by atoms with E-state index < -0.39 is 0 Å². The normalized spacial score (nSPS) is 11.6. The van der Waals surface area contributed by atoms with E-state index in [1.165, 1.54) is 0 Å². The summed E-state index contributed by atoms with van der Waals surface area (Å²) in [5, 5.41) is 8.44. The van der Waals surface area contributed by atoms with Crippen molar-refractivity contribution < 1.29 is 8.83 Å². The largest absolute Gasteiger partial charge is 0.464 e. The summed E-state index contributed by atoms with van der Waals surface area (Å²) in [7, 11) is 0. The predicted molar refractivity (Wildman–Crippen MR) is 112 cm³/mol. The lowest BCUT2D eigenvalue weighted by Gasteiger charge is -1.91. The highest BCUT2D eigenvalue weighted by molar-refractivity contribution is 5.79. The monoisotopic (exact) mass is 367 g/mol. The van der Waals surface area contributed by atoms with Gasteiger partial charge in [-0.3, -0.25) is 4.98 Å². The molecule has 0 amide bonds. The van der Waals surface area contributed by atoms with Gasteiger partial charge in [0.25, 0.3) is 0 Å². The van der Waals surface area contributed by atoms with Crippen LogP contribution in [0.3, 0.4) is 0 Å². The zero-order chi connectivity index (χ0) is 19.3. The van der Waals surface area contributed by atoms with Gasteiger partial charge < -0.3 is 8.83 Å². The summed E-state index contributed by atoms with van der Waals surface area (Å²) in [6.45, 7) is 7.55. The maximum absolute atomic E-state index is 5.45. The van der Waals surface area contributed by atoms with Gasteiger partial charge >= 0.3 is 0 Å². The minimum absolute atomic E-state index is 0.715. The van der Waals surface area contributed by atoms with E-state index >= 15 is 0 Å². The Kier molecular flexibility index (Phi) is 4.80. The molecule has 0 N–H and O–H groups in total. The van der Waals surface area contributed by atoms with Crippen LogP contribution in [0, 0.1) is 0 Å². The molecule has 0 unspecified atom stereocenters. The Morgan fingerprint density at radius 2 is 1.43 bits per heavy atom. The molecule has 4 heterocycles. The Labute approximate surface area is 162 Å². The Bertz CT molecular complexity index is 1160. The van der Waals surface area contributed by atoms with Crippen molar-refractivity contribution in [2.75, 3.05) is 0 Å². The first-order valence-corrected chi connectivity index (χ1v) is 8.67. The summed E-state index contributed by atoms with van der Waals surface area (Å²) in [4.78, 5) is 4.46. The van der Waals surface area contributed by atoms with E-state index in [9.17, 15) is 0 Å². The van der Waals surface area contributed by atoms with Crippen LogP contribution in [0.25, 0.3) is 47.7 Å². The van der Waals surface area contributed by atoms with E-state index in [0.29, 0.717) is 5.69 Å². The van der Waals surface area contributed by atoms with Crippen LogP contribution in [0.1, 0.15) is 34.0 Å². The zero-order valence-corrected chi connectivity index (χ0v) is 15.1. The second-order valence-corrected chi connectivity index (χ2v) is 5.96. The Hall–Kier alpha value is -3.99. The van der Waals surface area contributed by atoms with Gasteiger partial charge in [-0.2, -0.15) is 0 Å². The van der Waals surface area contributed by atoms with Crippen LogP contribution in [-0.2, 0) is 0 Å². The van der Waals surface area contributed by atoms with Gasteiger partial charge in [-0.25, -0.2) is 0 Å². The lowest BCUT2D eigenvalue weighted by molar-refractivity contribution is 0.556. The van der Waals surface area contributed by atoms with Crippen LogP contribution in [0.2, 0.25) is 0 Å². The maximum Gasteiger partial charge on any atom is 0.133 e. The lowest BCUT2D eigenvalue weighted by atomic mass is 10.1. The molecule has 0 aliphatic carbocycles. The van der Waals surface area contributed by atoms with Crippen LogP contribution in [-0.4, -0.2) is 15.2 Å². The third-order valence-corrected chi connectivity index (χ3v) is 4.27. The van der Waals surface area contributed by atoms with Gasteiger partial charge in [0.1, 0.15) is 17.2 Å². The molecular weight excluding hydrogens is 350 g/mol. The van der Waals surface area contributed by atoms with Crippen LogP contribution < -0.4 is 0 Å². The van der Waals surface area contributed by atoms with Gasteiger partial charge in [0.05, 0.1) is 30.1 Å². The number of fused-ring (bicyclic) bond motifs is 1. The van der Waals surface area contributed by atoms with Crippen molar-refractivity contribution in [3.05, 3.63) is 90.2 Å². The van der Waals surface area contributed by atoms with E-state index in [4.69, 9.17) is 8.83 Å². The van der Waals surface area contributed by atoms with Crippen LogP contribution in [0.5, 0.6) is 0 Å². The molecule has 0 radical (unpaired) electrons. The lowest BCUT2D eigenvalue weighted by Crippen LogP contribution is -1.75. The highest BCUT2D eigenvalue weighted by Crippen LogP contribution is 2.24. The Balaban J connectivity index is 1.62. The molecule has 136 valence electrons. The van der Waals surface area contributed by atoms with Gasteiger partial charge in [-0.05, 0) is 48.6 Å². The van der Waals surface area contributed by atoms with E-state index in [2.05, 4.69) is 28.3 Å². The van der Waals surface area contributed by atoms with Gasteiger partial charge in [0, 0.05) is 16.7 Å². The number of furan rings is 2. The molecule has 0 atom stereocenters. The molecular formula is C23H17N3O2. The molecule has 4 rings (SSSR count).